The van der Waals surface area contributed by atoms with Crippen molar-refractivity contribution in [1.82, 2.24) is 24.4 Å². The maximum Gasteiger partial charge on any atom is 0.164 e. The van der Waals surface area contributed by atoms with Crippen molar-refractivity contribution in [1.29, 1.82) is 0 Å². The number of hydrogen-bond donors (Lipinski definition) is 0. The smallest absolute Gasteiger partial charge is 0.164 e. The number of halogens is 1. The number of aryl methyl sites for hydroxylation is 3. The number of piperidine rings is 1. The van der Waals surface area contributed by atoms with Crippen LogP contribution in [0.5, 0.6) is 5.75 Å². The van der Waals surface area contributed by atoms with Crippen LogP contribution in [0.2, 0.25) is 5.02 Å². The van der Waals surface area contributed by atoms with E-state index in [0.717, 1.165) is 96.4 Å². The van der Waals surface area contributed by atoms with E-state index in [9.17, 15) is 0 Å². The first-order valence-electron chi connectivity index (χ1n) is 16.9. The minimum atomic E-state index is 0.682. The number of aromatic nitrogens is 4. The molecule has 3 aromatic heterocycles. The predicted octanol–water partition coefficient (Wildman–Crippen LogP) is 8.91. The van der Waals surface area contributed by atoms with Gasteiger partial charge < -0.3 is 9.64 Å². The van der Waals surface area contributed by atoms with Crippen LogP contribution in [0.15, 0.2) is 109 Å². The van der Waals surface area contributed by atoms with Crippen molar-refractivity contribution in [3.8, 4) is 23.0 Å². The molecule has 0 radical (unpaired) electrons. The van der Waals surface area contributed by atoms with Crippen molar-refractivity contribution < 1.29 is 4.74 Å². The summed E-state index contributed by atoms with van der Waals surface area (Å²) >= 11 is 6.42. The van der Waals surface area contributed by atoms with E-state index >= 15 is 0 Å². The van der Waals surface area contributed by atoms with Gasteiger partial charge in [-0.25, -0.2) is 4.98 Å². The number of pyridine rings is 2. The molecule has 4 heterocycles. The molecule has 8 rings (SSSR count). The Balaban J connectivity index is 0.913. The third kappa shape index (κ3) is 6.14. The largest absolute Gasteiger partial charge is 0.494 e. The highest BCUT2D eigenvalue weighted by Crippen LogP contribution is 2.38. The van der Waals surface area contributed by atoms with E-state index in [-0.39, 0.29) is 0 Å². The molecule has 1 aliphatic carbocycles. The number of fused-ring (bicyclic) bond motifs is 3. The lowest BCUT2D eigenvalue weighted by Gasteiger charge is -2.30. The molecule has 1 fully saturated rings. The van der Waals surface area contributed by atoms with Gasteiger partial charge in [0.1, 0.15) is 11.4 Å². The molecule has 6 aromatic rings. The molecule has 1 saturated heterocycles. The molecule has 0 unspecified atom stereocenters. The molecule has 240 valence electrons. The Morgan fingerprint density at radius 1 is 0.792 bits per heavy atom. The summed E-state index contributed by atoms with van der Waals surface area (Å²) in [7, 11) is 0. The normalized spacial score (nSPS) is 14.9. The fourth-order valence-corrected chi connectivity index (χ4v) is 7.41. The lowest BCUT2D eigenvalue weighted by molar-refractivity contribution is 0.223. The Bertz CT molecular complexity index is 2110. The topological polar surface area (TPSA) is 56.1 Å². The molecule has 3 aromatic carbocycles. The fourth-order valence-electron chi connectivity index (χ4n) is 7.22. The number of likely N-dealkylation sites (tertiary alicyclic amines) is 1. The van der Waals surface area contributed by atoms with Gasteiger partial charge in [-0.2, -0.15) is 0 Å². The van der Waals surface area contributed by atoms with Gasteiger partial charge in [0, 0.05) is 48.3 Å². The average Bonchev–Trinajstić information content (AvgIpc) is 3.42. The molecule has 0 N–H and O–H groups in total. The van der Waals surface area contributed by atoms with E-state index in [1.54, 1.807) is 0 Å². The van der Waals surface area contributed by atoms with Crippen LogP contribution < -0.4 is 4.74 Å². The van der Waals surface area contributed by atoms with Crippen molar-refractivity contribution in [2.45, 2.75) is 39.0 Å². The first kappa shape index (κ1) is 30.5. The Labute approximate surface area is 286 Å². The highest BCUT2D eigenvalue weighted by Gasteiger charge is 2.25. The molecule has 2 aliphatic rings. The summed E-state index contributed by atoms with van der Waals surface area (Å²) in [5.74, 6) is 1.71. The highest BCUT2D eigenvalue weighted by atomic mass is 35.5. The second kappa shape index (κ2) is 13.4. The first-order valence-corrected chi connectivity index (χ1v) is 17.3. The van der Waals surface area contributed by atoms with Crippen LogP contribution in [0.4, 0.5) is 0 Å². The lowest BCUT2D eigenvalue weighted by Crippen LogP contribution is -2.32. The van der Waals surface area contributed by atoms with Gasteiger partial charge >= 0.3 is 0 Å². The molecule has 0 spiro atoms. The summed E-state index contributed by atoms with van der Waals surface area (Å²) in [5, 5.41) is 0.807. The Kier molecular flexibility index (Phi) is 8.52. The summed E-state index contributed by atoms with van der Waals surface area (Å²) in [6, 6.07) is 31.3. The number of imidazole rings is 1. The molecule has 48 heavy (non-hydrogen) atoms. The van der Waals surface area contributed by atoms with Crippen LogP contribution in [0.25, 0.3) is 33.8 Å². The zero-order valence-electron chi connectivity index (χ0n) is 27.2. The highest BCUT2D eigenvalue weighted by molar-refractivity contribution is 6.30. The van der Waals surface area contributed by atoms with E-state index in [2.05, 4.69) is 88.1 Å². The molecule has 0 bridgehead atoms. The number of benzene rings is 3. The van der Waals surface area contributed by atoms with Crippen molar-refractivity contribution in [2.75, 3.05) is 26.2 Å². The van der Waals surface area contributed by atoms with Gasteiger partial charge in [0.15, 0.2) is 5.82 Å². The van der Waals surface area contributed by atoms with Gasteiger partial charge in [-0.1, -0.05) is 41.4 Å². The van der Waals surface area contributed by atoms with E-state index in [4.69, 9.17) is 26.3 Å². The Hall–Kier alpha value is -4.78. The van der Waals surface area contributed by atoms with Crippen molar-refractivity contribution in [3.05, 3.63) is 142 Å². The van der Waals surface area contributed by atoms with Crippen molar-refractivity contribution in [3.63, 3.8) is 0 Å². The van der Waals surface area contributed by atoms with Crippen LogP contribution in [-0.2, 0) is 12.8 Å². The Morgan fingerprint density at radius 2 is 1.62 bits per heavy atom. The van der Waals surface area contributed by atoms with Crippen LogP contribution in [0, 0.1) is 6.92 Å². The zero-order chi connectivity index (χ0) is 32.5. The van der Waals surface area contributed by atoms with E-state index in [1.165, 1.54) is 33.4 Å². The van der Waals surface area contributed by atoms with Crippen molar-refractivity contribution in [2.24, 2.45) is 0 Å². The average molecular weight is 652 g/mol. The number of ether oxygens (including phenoxy) is 1. The number of rotatable bonds is 7. The Morgan fingerprint density at radius 3 is 2.46 bits per heavy atom. The van der Waals surface area contributed by atoms with Gasteiger partial charge in [-0.05, 0) is 128 Å². The predicted molar refractivity (Wildman–Crippen MR) is 194 cm³/mol. The summed E-state index contributed by atoms with van der Waals surface area (Å²) < 4.78 is 8.39. The summed E-state index contributed by atoms with van der Waals surface area (Å²) in [4.78, 5) is 17.0. The minimum absolute atomic E-state index is 0.682. The number of nitrogens with zero attached hydrogens (tertiary/aromatic N) is 5. The standard InChI is InChI=1S/C41H38ClN5O/c1-28-8-17-38-37(26-28)45-41(36-7-2-3-20-43-36)47(38)33-12-14-34(15-13-33)48-25-5-22-46-23-18-29(19-24-46)39-35-16-11-32(42)27-31(35)10-9-30-6-4-21-44-40(30)39/h2-4,6-8,11-17,20-21,26-27H,5,9-10,18-19,22-25H2,1H3. The zero-order valence-corrected chi connectivity index (χ0v) is 28.0. The van der Waals surface area contributed by atoms with Gasteiger partial charge in [0.2, 0.25) is 0 Å². The SMILES string of the molecule is Cc1ccc2c(c1)nc(-c1ccccn1)n2-c1ccc(OCCCN2CCC(=C3c4ccc(Cl)cc4CCc4cccnc43)CC2)cc1. The van der Waals surface area contributed by atoms with E-state index in [1.807, 2.05) is 36.7 Å². The molecule has 0 amide bonds. The molecular weight excluding hydrogens is 614 g/mol. The molecule has 1 aliphatic heterocycles. The van der Waals surface area contributed by atoms with E-state index < -0.39 is 0 Å². The molecule has 0 atom stereocenters. The summed E-state index contributed by atoms with van der Waals surface area (Å²) in [6.07, 6.45) is 8.82. The maximum atomic E-state index is 6.42. The van der Waals surface area contributed by atoms with Crippen LogP contribution in [-0.4, -0.2) is 50.7 Å². The summed E-state index contributed by atoms with van der Waals surface area (Å²) in [6.45, 7) is 5.90. The second-order valence-corrected chi connectivity index (χ2v) is 13.2. The quantitative estimate of drug-likeness (QED) is 0.161. The van der Waals surface area contributed by atoms with Crippen LogP contribution >= 0.6 is 11.6 Å². The third-order valence-corrected chi connectivity index (χ3v) is 9.86. The van der Waals surface area contributed by atoms with Crippen LogP contribution in [0.1, 0.15) is 47.2 Å². The van der Waals surface area contributed by atoms with E-state index in [0.29, 0.717) is 6.61 Å². The minimum Gasteiger partial charge on any atom is -0.494 e. The third-order valence-electron chi connectivity index (χ3n) is 9.63. The molecule has 7 heteroatoms. The van der Waals surface area contributed by atoms with Gasteiger partial charge in [-0.15, -0.1) is 0 Å². The first-order chi connectivity index (χ1) is 23.6. The monoisotopic (exact) mass is 651 g/mol. The van der Waals surface area contributed by atoms with Gasteiger partial charge in [0.25, 0.3) is 0 Å². The second-order valence-electron chi connectivity index (χ2n) is 12.8. The lowest BCUT2D eigenvalue weighted by atomic mass is 9.88. The van der Waals surface area contributed by atoms with Crippen molar-refractivity contribution >= 4 is 28.2 Å². The fraction of sp³-hybridized carbons (Fsp3) is 0.244. The molecule has 6 nitrogen and oxygen atoms in total. The van der Waals surface area contributed by atoms with Gasteiger partial charge in [-0.3, -0.25) is 14.5 Å². The molecular formula is C41H38ClN5O. The number of hydrogen-bond acceptors (Lipinski definition) is 5. The molecule has 0 saturated carbocycles. The summed E-state index contributed by atoms with van der Waals surface area (Å²) in [5.41, 5.74) is 13.1. The van der Waals surface area contributed by atoms with Gasteiger partial charge in [0.05, 0.1) is 23.3 Å². The maximum absolute atomic E-state index is 6.42. The van der Waals surface area contributed by atoms with Crippen LogP contribution in [0.3, 0.4) is 0 Å².